The molecule has 1 heterocycles. The summed E-state index contributed by atoms with van der Waals surface area (Å²) < 4.78 is 70.2. The van der Waals surface area contributed by atoms with Crippen molar-refractivity contribution < 1.29 is 26.7 Å². The van der Waals surface area contributed by atoms with Crippen LogP contribution in [0, 0.1) is 0 Å². The summed E-state index contributed by atoms with van der Waals surface area (Å²) in [4.78, 5) is 12.3. The van der Waals surface area contributed by atoms with Crippen LogP contribution in [0.5, 0.6) is 5.75 Å². The van der Waals surface area contributed by atoms with Gasteiger partial charge in [0.15, 0.2) is 0 Å². The third-order valence-electron chi connectivity index (χ3n) is 3.86. The monoisotopic (exact) mass is 396 g/mol. The average Bonchev–Trinajstić information content (AvgIpc) is 2.64. The lowest BCUT2D eigenvalue weighted by molar-refractivity contribution is -0.139. The minimum atomic E-state index is -4.90. The molecule has 3 rings (SSSR count). The zero-order valence-corrected chi connectivity index (χ0v) is 14.2. The summed E-state index contributed by atoms with van der Waals surface area (Å²) in [6.07, 6.45) is -4.90. The number of aromatic nitrogens is 2. The van der Waals surface area contributed by atoms with E-state index in [1.165, 1.54) is 24.3 Å². The van der Waals surface area contributed by atoms with Crippen molar-refractivity contribution >= 4 is 0 Å². The zero-order chi connectivity index (χ0) is 20.3. The summed E-state index contributed by atoms with van der Waals surface area (Å²) in [6, 6.07) is 14.2. The Kier molecular flexibility index (Phi) is 5.43. The zero-order valence-electron chi connectivity index (χ0n) is 14.2. The van der Waals surface area contributed by atoms with E-state index < -0.39 is 30.5 Å². The van der Waals surface area contributed by atoms with Crippen LogP contribution in [0.2, 0.25) is 0 Å². The van der Waals surface area contributed by atoms with Gasteiger partial charge in [-0.25, -0.2) is 4.68 Å². The molecule has 0 saturated carbocycles. The topological polar surface area (TPSA) is 44.1 Å². The Bertz CT molecular complexity index is 1020. The highest BCUT2D eigenvalue weighted by Gasteiger charge is 2.35. The van der Waals surface area contributed by atoms with Gasteiger partial charge in [-0.05, 0) is 12.1 Å². The van der Waals surface area contributed by atoms with Crippen LogP contribution >= 0.6 is 0 Å². The lowest BCUT2D eigenvalue weighted by Crippen LogP contribution is -2.31. The minimum Gasteiger partial charge on any atom is -0.434 e. The molecule has 3 aromatic rings. The summed E-state index contributed by atoms with van der Waals surface area (Å²) in [5.41, 5.74) is -2.37. The molecule has 0 amide bonds. The van der Waals surface area contributed by atoms with Crippen LogP contribution in [-0.2, 0) is 12.7 Å². The van der Waals surface area contributed by atoms with E-state index in [0.717, 1.165) is 0 Å². The number of hydrogen-bond donors (Lipinski definition) is 0. The molecule has 1 aromatic heterocycles. The van der Waals surface area contributed by atoms with Crippen molar-refractivity contribution in [2.24, 2.45) is 0 Å². The van der Waals surface area contributed by atoms with Crippen molar-refractivity contribution in [3.05, 3.63) is 82.1 Å². The minimum absolute atomic E-state index is 0.0696. The van der Waals surface area contributed by atoms with Crippen molar-refractivity contribution in [1.82, 2.24) is 9.78 Å². The third-order valence-corrected chi connectivity index (χ3v) is 3.86. The van der Waals surface area contributed by atoms with E-state index in [1.807, 2.05) is 0 Å². The van der Waals surface area contributed by atoms with Crippen LogP contribution in [0.4, 0.5) is 22.0 Å². The van der Waals surface area contributed by atoms with E-state index in [2.05, 4.69) is 9.84 Å². The molecule has 0 unspecified atom stereocenters. The van der Waals surface area contributed by atoms with Gasteiger partial charge in [-0.3, -0.25) is 4.79 Å². The molecule has 0 aliphatic rings. The van der Waals surface area contributed by atoms with Crippen LogP contribution in [0.3, 0.4) is 0 Å². The molecule has 0 N–H and O–H groups in total. The molecule has 9 heteroatoms. The molecule has 0 bridgehead atoms. The van der Waals surface area contributed by atoms with E-state index in [1.54, 1.807) is 30.3 Å². The van der Waals surface area contributed by atoms with Crippen LogP contribution in [0.25, 0.3) is 11.3 Å². The Morgan fingerprint density at radius 2 is 1.64 bits per heavy atom. The van der Waals surface area contributed by atoms with Crippen LogP contribution < -0.4 is 10.3 Å². The van der Waals surface area contributed by atoms with Gasteiger partial charge in [0.2, 0.25) is 0 Å². The van der Waals surface area contributed by atoms with E-state index >= 15 is 0 Å². The quantitative estimate of drug-likeness (QED) is 0.593. The number of benzene rings is 2. The molecular formula is C19H13F5N2O2. The first-order chi connectivity index (χ1) is 13.3. The van der Waals surface area contributed by atoms with E-state index in [0.29, 0.717) is 16.3 Å². The lowest BCUT2D eigenvalue weighted by Gasteiger charge is -2.14. The molecule has 4 nitrogen and oxygen atoms in total. The van der Waals surface area contributed by atoms with E-state index in [-0.39, 0.29) is 17.0 Å². The summed E-state index contributed by atoms with van der Waals surface area (Å²) in [5, 5.41) is 3.99. The number of hydrogen-bond acceptors (Lipinski definition) is 3. The average molecular weight is 396 g/mol. The Labute approximate surface area is 155 Å². The maximum Gasteiger partial charge on any atom is 0.421 e. The molecule has 0 radical (unpaired) electrons. The van der Waals surface area contributed by atoms with Gasteiger partial charge in [-0.2, -0.15) is 27.1 Å². The summed E-state index contributed by atoms with van der Waals surface area (Å²) in [5.74, 6) is -0.245. The van der Waals surface area contributed by atoms with Gasteiger partial charge >= 0.3 is 12.8 Å². The summed E-state index contributed by atoms with van der Waals surface area (Å²) >= 11 is 0. The Morgan fingerprint density at radius 1 is 1.00 bits per heavy atom. The maximum atomic E-state index is 13.3. The van der Waals surface area contributed by atoms with E-state index in [9.17, 15) is 26.7 Å². The summed E-state index contributed by atoms with van der Waals surface area (Å²) in [6.45, 7) is -3.59. The molecule has 0 atom stereocenters. The second-order valence-electron chi connectivity index (χ2n) is 5.76. The van der Waals surface area contributed by atoms with Crippen molar-refractivity contribution in [2.75, 3.05) is 0 Å². The van der Waals surface area contributed by atoms with E-state index in [4.69, 9.17) is 0 Å². The van der Waals surface area contributed by atoms with Gasteiger partial charge in [0.25, 0.3) is 5.56 Å². The lowest BCUT2D eigenvalue weighted by atomic mass is 10.1. The fourth-order valence-corrected chi connectivity index (χ4v) is 2.61. The van der Waals surface area contributed by atoms with Gasteiger partial charge < -0.3 is 4.74 Å². The fourth-order valence-electron chi connectivity index (χ4n) is 2.61. The van der Waals surface area contributed by atoms with Crippen molar-refractivity contribution in [3.63, 3.8) is 0 Å². The first kappa shape index (κ1) is 19.5. The molecule has 0 saturated heterocycles. The van der Waals surface area contributed by atoms with Gasteiger partial charge in [-0.1, -0.05) is 48.5 Å². The predicted octanol–water partition coefficient (Wildman–Crippen LogP) is 4.58. The largest absolute Gasteiger partial charge is 0.434 e. The first-order valence-electron chi connectivity index (χ1n) is 8.03. The Morgan fingerprint density at radius 3 is 2.29 bits per heavy atom. The molecule has 0 aliphatic heterocycles. The highest BCUT2D eigenvalue weighted by atomic mass is 19.4. The van der Waals surface area contributed by atoms with Crippen molar-refractivity contribution in [2.45, 2.75) is 19.3 Å². The molecule has 28 heavy (non-hydrogen) atoms. The molecule has 0 aliphatic carbocycles. The maximum absolute atomic E-state index is 13.3. The van der Waals surface area contributed by atoms with Crippen LogP contribution in [0.1, 0.15) is 11.1 Å². The highest BCUT2D eigenvalue weighted by molar-refractivity contribution is 5.59. The molecule has 2 aromatic carbocycles. The smallest absolute Gasteiger partial charge is 0.421 e. The van der Waals surface area contributed by atoms with Crippen molar-refractivity contribution in [1.29, 1.82) is 0 Å². The molecule has 0 spiro atoms. The second kappa shape index (κ2) is 7.79. The number of para-hydroxylation sites is 1. The van der Waals surface area contributed by atoms with Crippen LogP contribution in [-0.4, -0.2) is 16.4 Å². The van der Waals surface area contributed by atoms with Gasteiger partial charge in [-0.15, -0.1) is 0 Å². The van der Waals surface area contributed by atoms with Gasteiger partial charge in [0.05, 0.1) is 12.2 Å². The molecule has 0 fully saturated rings. The first-order valence-corrected chi connectivity index (χ1v) is 8.03. The number of halogens is 5. The van der Waals surface area contributed by atoms with Gasteiger partial charge in [0.1, 0.15) is 11.3 Å². The van der Waals surface area contributed by atoms with Crippen LogP contribution in [0.15, 0.2) is 65.5 Å². The second-order valence-corrected chi connectivity index (χ2v) is 5.76. The standard InChI is InChI=1S/C19H13F5N2O2/c20-18(21)28-16-9-5-4-8-13(16)11-26-17(27)14(19(22,23)24)10-15(25-26)12-6-2-1-3-7-12/h1-10,18H,11H2. The predicted molar refractivity (Wildman–Crippen MR) is 91.1 cm³/mol. The normalized spacial score (nSPS) is 11.6. The number of rotatable bonds is 5. The Balaban J connectivity index is 2.12. The fraction of sp³-hybridized carbons (Fsp3) is 0.158. The van der Waals surface area contributed by atoms with Crippen molar-refractivity contribution in [3.8, 4) is 17.0 Å². The third kappa shape index (κ3) is 4.36. The molecular weight excluding hydrogens is 383 g/mol. The number of alkyl halides is 5. The number of ether oxygens (including phenoxy) is 1. The molecule has 146 valence electrons. The van der Waals surface area contributed by atoms with Gasteiger partial charge in [0, 0.05) is 11.1 Å². The summed E-state index contributed by atoms with van der Waals surface area (Å²) in [7, 11) is 0. The Hall–Kier alpha value is -3.23. The highest BCUT2D eigenvalue weighted by Crippen LogP contribution is 2.29. The SMILES string of the molecule is O=c1c(C(F)(F)F)cc(-c2ccccc2)nn1Cc1ccccc1OC(F)F. The number of nitrogens with zero attached hydrogens (tertiary/aromatic N) is 2.